The van der Waals surface area contributed by atoms with Crippen molar-refractivity contribution in [1.82, 2.24) is 9.78 Å². The van der Waals surface area contributed by atoms with Gasteiger partial charge >= 0.3 is 0 Å². The van der Waals surface area contributed by atoms with Gasteiger partial charge in [-0.25, -0.2) is 4.39 Å². The van der Waals surface area contributed by atoms with E-state index in [9.17, 15) is 14.0 Å². The minimum atomic E-state index is -1.74. The van der Waals surface area contributed by atoms with Crippen molar-refractivity contribution in [3.63, 3.8) is 0 Å². The fourth-order valence-corrected chi connectivity index (χ4v) is 3.39. The predicted octanol–water partition coefficient (Wildman–Crippen LogP) is 3.42. The van der Waals surface area contributed by atoms with Crippen LogP contribution in [0, 0.1) is 19.7 Å². The van der Waals surface area contributed by atoms with Crippen LogP contribution in [-0.4, -0.2) is 27.2 Å². The van der Waals surface area contributed by atoms with Gasteiger partial charge in [0.25, 0.3) is 17.4 Å². The molecule has 30 heavy (non-hydrogen) atoms. The number of aromatic nitrogens is 2. The van der Waals surface area contributed by atoms with E-state index in [0.717, 1.165) is 5.56 Å². The molecule has 8 heteroatoms. The third-order valence-electron chi connectivity index (χ3n) is 5.16. The molecule has 4 rings (SSSR count). The van der Waals surface area contributed by atoms with Gasteiger partial charge in [-0.05, 0) is 50.6 Å². The first-order valence-electron chi connectivity index (χ1n) is 9.47. The van der Waals surface area contributed by atoms with E-state index in [4.69, 9.17) is 4.74 Å². The standard InChI is InChI=1S/C22H21FN4O3/c1-13-19(14(2)27(26-13)12-15-7-6-8-16(23)11-15)25-21(29)22(3)20(28)24-17-9-4-5-10-18(17)30-22/h4-11H,12H2,1-3H3,(H,24,28)(H,25,29). The van der Waals surface area contributed by atoms with Crippen LogP contribution in [0.3, 0.4) is 0 Å². The molecular weight excluding hydrogens is 387 g/mol. The van der Waals surface area contributed by atoms with Crippen molar-refractivity contribution in [3.05, 3.63) is 71.3 Å². The molecule has 0 bridgehead atoms. The zero-order valence-corrected chi connectivity index (χ0v) is 16.8. The summed E-state index contributed by atoms with van der Waals surface area (Å²) in [5.74, 6) is -1.06. The fraction of sp³-hybridized carbons (Fsp3) is 0.227. The van der Waals surface area contributed by atoms with Crippen LogP contribution in [0.2, 0.25) is 0 Å². The average molecular weight is 408 g/mol. The number of para-hydroxylation sites is 2. The molecule has 0 saturated heterocycles. The van der Waals surface area contributed by atoms with E-state index in [0.29, 0.717) is 35.1 Å². The predicted molar refractivity (Wildman–Crippen MR) is 110 cm³/mol. The molecule has 2 heterocycles. The van der Waals surface area contributed by atoms with Crippen molar-refractivity contribution in [3.8, 4) is 5.75 Å². The number of fused-ring (bicyclic) bond motifs is 1. The van der Waals surface area contributed by atoms with E-state index < -0.39 is 17.4 Å². The SMILES string of the molecule is Cc1nn(Cc2cccc(F)c2)c(C)c1NC(=O)C1(C)Oc2ccccc2NC1=O. The third-order valence-corrected chi connectivity index (χ3v) is 5.16. The van der Waals surface area contributed by atoms with Crippen molar-refractivity contribution >= 4 is 23.2 Å². The first kappa shape index (κ1) is 19.6. The Labute approximate surface area is 172 Å². The summed E-state index contributed by atoms with van der Waals surface area (Å²) in [6, 6.07) is 13.2. The van der Waals surface area contributed by atoms with E-state index in [-0.39, 0.29) is 5.82 Å². The Kier molecular flexibility index (Phi) is 4.77. The summed E-state index contributed by atoms with van der Waals surface area (Å²) in [6.07, 6.45) is 0. The van der Waals surface area contributed by atoms with Crippen LogP contribution >= 0.6 is 0 Å². The average Bonchev–Trinajstić information content (AvgIpc) is 2.96. The van der Waals surface area contributed by atoms with Gasteiger partial charge in [0.2, 0.25) is 0 Å². The molecule has 1 atom stereocenters. The molecule has 1 aliphatic heterocycles. The first-order chi connectivity index (χ1) is 14.3. The number of nitrogens with zero attached hydrogens (tertiary/aromatic N) is 2. The van der Waals surface area contributed by atoms with Crippen molar-refractivity contribution in [1.29, 1.82) is 0 Å². The number of anilines is 2. The van der Waals surface area contributed by atoms with Crippen LogP contribution in [0.4, 0.5) is 15.8 Å². The molecule has 2 amide bonds. The fourth-order valence-electron chi connectivity index (χ4n) is 3.39. The van der Waals surface area contributed by atoms with Crippen molar-refractivity contribution in [2.24, 2.45) is 0 Å². The smallest absolute Gasteiger partial charge is 0.278 e. The second-order valence-corrected chi connectivity index (χ2v) is 7.37. The van der Waals surface area contributed by atoms with E-state index in [1.165, 1.54) is 19.1 Å². The molecule has 154 valence electrons. The van der Waals surface area contributed by atoms with Gasteiger partial charge in [0, 0.05) is 0 Å². The van der Waals surface area contributed by atoms with Crippen molar-refractivity contribution in [2.75, 3.05) is 10.6 Å². The molecule has 3 aromatic rings. The minimum absolute atomic E-state index is 0.323. The highest BCUT2D eigenvalue weighted by Crippen LogP contribution is 2.34. The van der Waals surface area contributed by atoms with Gasteiger partial charge < -0.3 is 15.4 Å². The number of aryl methyl sites for hydroxylation is 1. The molecule has 0 radical (unpaired) electrons. The van der Waals surface area contributed by atoms with Gasteiger partial charge in [-0.3, -0.25) is 14.3 Å². The van der Waals surface area contributed by atoms with Gasteiger partial charge in [-0.15, -0.1) is 0 Å². The van der Waals surface area contributed by atoms with E-state index >= 15 is 0 Å². The number of hydrogen-bond donors (Lipinski definition) is 2. The maximum absolute atomic E-state index is 13.5. The Hall–Kier alpha value is -3.68. The topological polar surface area (TPSA) is 85.2 Å². The van der Waals surface area contributed by atoms with Crippen LogP contribution < -0.4 is 15.4 Å². The maximum atomic E-state index is 13.5. The van der Waals surface area contributed by atoms with E-state index in [2.05, 4.69) is 15.7 Å². The zero-order valence-electron chi connectivity index (χ0n) is 16.8. The van der Waals surface area contributed by atoms with Crippen LogP contribution in [0.15, 0.2) is 48.5 Å². The van der Waals surface area contributed by atoms with Gasteiger partial charge in [-0.2, -0.15) is 5.10 Å². The lowest BCUT2D eigenvalue weighted by atomic mass is 10.0. The maximum Gasteiger partial charge on any atom is 0.278 e. The highest BCUT2D eigenvalue weighted by Gasteiger charge is 2.47. The molecule has 0 spiro atoms. The second-order valence-electron chi connectivity index (χ2n) is 7.37. The molecule has 1 aromatic heterocycles. The Morgan fingerprint density at radius 3 is 2.77 bits per heavy atom. The van der Waals surface area contributed by atoms with Crippen molar-refractivity contribution < 1.29 is 18.7 Å². The van der Waals surface area contributed by atoms with Crippen molar-refractivity contribution in [2.45, 2.75) is 32.9 Å². The van der Waals surface area contributed by atoms with Crippen LogP contribution in [-0.2, 0) is 16.1 Å². The largest absolute Gasteiger partial charge is 0.466 e. The Balaban J connectivity index is 1.58. The quantitative estimate of drug-likeness (QED) is 0.648. The normalized spacial score (nSPS) is 17.7. The van der Waals surface area contributed by atoms with Crippen LogP contribution in [0.5, 0.6) is 5.75 Å². The number of ether oxygens (including phenoxy) is 1. The summed E-state index contributed by atoms with van der Waals surface area (Å²) in [5.41, 5.74) is 1.29. The molecule has 0 aliphatic carbocycles. The van der Waals surface area contributed by atoms with Gasteiger partial charge in [0.1, 0.15) is 11.6 Å². The zero-order chi connectivity index (χ0) is 21.5. The first-order valence-corrected chi connectivity index (χ1v) is 9.47. The monoisotopic (exact) mass is 408 g/mol. The highest BCUT2D eigenvalue weighted by atomic mass is 19.1. The lowest BCUT2D eigenvalue weighted by Crippen LogP contribution is -2.56. The number of halogens is 1. The molecule has 2 aromatic carbocycles. The lowest BCUT2D eigenvalue weighted by Gasteiger charge is -2.33. The van der Waals surface area contributed by atoms with Gasteiger partial charge in [0.05, 0.1) is 29.3 Å². The number of carbonyl (C=O) groups is 2. The molecule has 7 nitrogen and oxygen atoms in total. The molecule has 0 saturated carbocycles. The highest BCUT2D eigenvalue weighted by molar-refractivity contribution is 6.19. The summed E-state index contributed by atoms with van der Waals surface area (Å²) < 4.78 is 20.9. The van der Waals surface area contributed by atoms with E-state index in [1.807, 2.05) is 0 Å². The lowest BCUT2D eigenvalue weighted by molar-refractivity contribution is -0.143. The number of carbonyl (C=O) groups excluding carboxylic acids is 2. The number of amides is 2. The molecule has 1 aliphatic rings. The van der Waals surface area contributed by atoms with Gasteiger partial charge in [0.15, 0.2) is 0 Å². The summed E-state index contributed by atoms with van der Waals surface area (Å²) in [4.78, 5) is 25.6. The summed E-state index contributed by atoms with van der Waals surface area (Å²) in [7, 11) is 0. The Morgan fingerprint density at radius 1 is 1.23 bits per heavy atom. The van der Waals surface area contributed by atoms with Crippen LogP contribution in [0.25, 0.3) is 0 Å². The summed E-state index contributed by atoms with van der Waals surface area (Å²) in [6.45, 7) is 5.33. The Bertz CT molecular complexity index is 1160. The number of benzene rings is 2. The van der Waals surface area contributed by atoms with E-state index in [1.54, 1.807) is 54.9 Å². The summed E-state index contributed by atoms with van der Waals surface area (Å²) >= 11 is 0. The summed E-state index contributed by atoms with van der Waals surface area (Å²) in [5, 5.41) is 9.94. The second kappa shape index (κ2) is 7.29. The Morgan fingerprint density at radius 2 is 2.00 bits per heavy atom. The minimum Gasteiger partial charge on any atom is -0.466 e. The number of hydrogen-bond acceptors (Lipinski definition) is 4. The molecule has 0 fully saturated rings. The molecule has 1 unspecified atom stereocenters. The third kappa shape index (κ3) is 3.41. The van der Waals surface area contributed by atoms with Crippen LogP contribution in [0.1, 0.15) is 23.9 Å². The number of rotatable bonds is 4. The molecule has 2 N–H and O–H groups in total. The molecular formula is C22H21FN4O3. The number of nitrogens with one attached hydrogen (secondary N) is 2. The van der Waals surface area contributed by atoms with Gasteiger partial charge in [-0.1, -0.05) is 24.3 Å².